The van der Waals surface area contributed by atoms with Gasteiger partial charge in [-0.15, -0.1) is 11.3 Å². The maximum absolute atomic E-state index is 3.72. The molecule has 3 heteroatoms. The highest BCUT2D eigenvalue weighted by atomic mass is 32.2. The van der Waals surface area contributed by atoms with Crippen LogP contribution in [0.3, 0.4) is 0 Å². The molecule has 1 aromatic rings. The lowest BCUT2D eigenvalue weighted by molar-refractivity contribution is 0.383. The maximum atomic E-state index is 3.72. The Hall–Kier alpha value is 0.01000. The number of thioether (sulfide) groups is 1. The van der Waals surface area contributed by atoms with E-state index in [0.717, 1.165) is 17.8 Å². The van der Waals surface area contributed by atoms with Crippen LogP contribution in [0.2, 0.25) is 0 Å². The van der Waals surface area contributed by atoms with Crippen LogP contribution in [-0.4, -0.2) is 24.1 Å². The van der Waals surface area contributed by atoms with E-state index in [2.05, 4.69) is 29.1 Å². The molecule has 2 rings (SSSR count). The Morgan fingerprint density at radius 2 is 2.44 bits per heavy atom. The molecule has 0 aromatic carbocycles. The van der Waals surface area contributed by atoms with Gasteiger partial charge in [-0.3, -0.25) is 0 Å². The zero-order valence-electron chi connectivity index (χ0n) is 9.95. The highest BCUT2D eigenvalue weighted by Crippen LogP contribution is 2.26. The van der Waals surface area contributed by atoms with Crippen LogP contribution in [0.5, 0.6) is 0 Å². The average molecular weight is 255 g/mol. The molecule has 1 N–H and O–H groups in total. The van der Waals surface area contributed by atoms with Crippen molar-refractivity contribution in [2.45, 2.75) is 43.4 Å². The van der Waals surface area contributed by atoms with Crippen LogP contribution in [0.4, 0.5) is 0 Å². The molecule has 0 aliphatic heterocycles. The SMILES string of the molecule is CSC1CCCC(NCCc2cccs2)C1. The van der Waals surface area contributed by atoms with Gasteiger partial charge in [-0.2, -0.15) is 11.8 Å². The van der Waals surface area contributed by atoms with E-state index in [4.69, 9.17) is 0 Å². The van der Waals surface area contributed by atoms with Gasteiger partial charge in [-0.05, 0) is 43.4 Å². The molecule has 1 aliphatic carbocycles. The summed E-state index contributed by atoms with van der Waals surface area (Å²) in [6, 6.07) is 5.15. The van der Waals surface area contributed by atoms with Crippen molar-refractivity contribution in [1.82, 2.24) is 5.32 Å². The van der Waals surface area contributed by atoms with Gasteiger partial charge < -0.3 is 5.32 Å². The number of rotatable bonds is 5. The van der Waals surface area contributed by atoms with Gasteiger partial charge >= 0.3 is 0 Å². The third-order valence-electron chi connectivity index (χ3n) is 3.34. The molecule has 1 saturated carbocycles. The van der Waals surface area contributed by atoms with E-state index in [1.165, 1.54) is 37.0 Å². The average Bonchev–Trinajstić information content (AvgIpc) is 2.82. The summed E-state index contributed by atoms with van der Waals surface area (Å²) in [5.74, 6) is 0. The predicted molar refractivity (Wildman–Crippen MR) is 75.6 cm³/mol. The molecule has 0 radical (unpaired) electrons. The quantitative estimate of drug-likeness (QED) is 0.863. The summed E-state index contributed by atoms with van der Waals surface area (Å²) >= 11 is 3.91. The first-order chi connectivity index (χ1) is 7.88. The van der Waals surface area contributed by atoms with Crippen molar-refractivity contribution in [3.8, 4) is 0 Å². The molecule has 1 fully saturated rings. The molecule has 1 nitrogen and oxygen atoms in total. The van der Waals surface area contributed by atoms with Crippen LogP contribution in [-0.2, 0) is 6.42 Å². The second-order valence-corrected chi connectivity index (χ2v) is 6.68. The lowest BCUT2D eigenvalue weighted by atomic mass is 9.95. The van der Waals surface area contributed by atoms with Gasteiger partial charge in [0.25, 0.3) is 0 Å². The summed E-state index contributed by atoms with van der Waals surface area (Å²) < 4.78 is 0. The topological polar surface area (TPSA) is 12.0 Å². The zero-order valence-corrected chi connectivity index (χ0v) is 11.6. The highest BCUT2D eigenvalue weighted by molar-refractivity contribution is 7.99. The molecule has 90 valence electrons. The molecule has 1 aromatic heterocycles. The van der Waals surface area contributed by atoms with Crippen LogP contribution in [0, 0.1) is 0 Å². The van der Waals surface area contributed by atoms with Crippen molar-refractivity contribution in [3.05, 3.63) is 22.4 Å². The van der Waals surface area contributed by atoms with Gasteiger partial charge in [0.1, 0.15) is 0 Å². The van der Waals surface area contributed by atoms with Crippen LogP contribution in [0.15, 0.2) is 17.5 Å². The minimum Gasteiger partial charge on any atom is -0.314 e. The summed E-state index contributed by atoms with van der Waals surface area (Å²) in [7, 11) is 0. The first kappa shape index (κ1) is 12.5. The van der Waals surface area contributed by atoms with Crippen molar-refractivity contribution >= 4 is 23.1 Å². The summed E-state index contributed by atoms with van der Waals surface area (Å²) in [5, 5.41) is 6.78. The van der Waals surface area contributed by atoms with E-state index < -0.39 is 0 Å². The van der Waals surface area contributed by atoms with Crippen LogP contribution in [0.1, 0.15) is 30.6 Å². The normalized spacial score (nSPS) is 25.8. The Morgan fingerprint density at radius 1 is 1.50 bits per heavy atom. The molecular formula is C13H21NS2. The Kier molecular flexibility index (Phi) is 5.20. The van der Waals surface area contributed by atoms with Gasteiger partial charge in [0, 0.05) is 22.7 Å². The van der Waals surface area contributed by atoms with Crippen LogP contribution < -0.4 is 5.32 Å². The van der Waals surface area contributed by atoms with Crippen molar-refractivity contribution in [2.75, 3.05) is 12.8 Å². The molecule has 0 amide bonds. The third-order valence-corrected chi connectivity index (χ3v) is 5.37. The van der Waals surface area contributed by atoms with E-state index in [1.54, 1.807) is 0 Å². The van der Waals surface area contributed by atoms with Crippen LogP contribution >= 0.6 is 23.1 Å². The molecular weight excluding hydrogens is 234 g/mol. The predicted octanol–water partition coefficient (Wildman–Crippen LogP) is 3.55. The maximum Gasteiger partial charge on any atom is 0.00777 e. The molecule has 16 heavy (non-hydrogen) atoms. The summed E-state index contributed by atoms with van der Waals surface area (Å²) in [5.41, 5.74) is 0. The van der Waals surface area contributed by atoms with E-state index in [1.807, 2.05) is 23.1 Å². The minimum atomic E-state index is 0.770. The van der Waals surface area contributed by atoms with Crippen molar-refractivity contribution in [3.63, 3.8) is 0 Å². The highest BCUT2D eigenvalue weighted by Gasteiger charge is 2.20. The van der Waals surface area contributed by atoms with Crippen LogP contribution in [0.25, 0.3) is 0 Å². The number of thiophene rings is 1. The van der Waals surface area contributed by atoms with Crippen molar-refractivity contribution in [1.29, 1.82) is 0 Å². The second-order valence-electron chi connectivity index (χ2n) is 4.50. The van der Waals surface area contributed by atoms with Gasteiger partial charge in [0.2, 0.25) is 0 Å². The fraction of sp³-hybridized carbons (Fsp3) is 0.692. The number of hydrogen-bond donors (Lipinski definition) is 1. The number of hydrogen-bond acceptors (Lipinski definition) is 3. The minimum absolute atomic E-state index is 0.770. The lowest BCUT2D eigenvalue weighted by Gasteiger charge is -2.28. The molecule has 0 bridgehead atoms. The Bertz CT molecular complexity index is 284. The fourth-order valence-electron chi connectivity index (χ4n) is 2.40. The Balaban J connectivity index is 1.65. The van der Waals surface area contributed by atoms with E-state index in [0.29, 0.717) is 0 Å². The van der Waals surface area contributed by atoms with Gasteiger partial charge in [-0.25, -0.2) is 0 Å². The van der Waals surface area contributed by atoms with Crippen molar-refractivity contribution < 1.29 is 0 Å². The smallest absolute Gasteiger partial charge is 0.00777 e. The van der Waals surface area contributed by atoms with Gasteiger partial charge in [-0.1, -0.05) is 12.5 Å². The van der Waals surface area contributed by atoms with Gasteiger partial charge in [0.05, 0.1) is 0 Å². The summed E-state index contributed by atoms with van der Waals surface area (Å²) in [6.45, 7) is 1.15. The largest absolute Gasteiger partial charge is 0.314 e. The molecule has 2 atom stereocenters. The fourth-order valence-corrected chi connectivity index (χ4v) is 3.93. The first-order valence-corrected chi connectivity index (χ1v) is 8.34. The zero-order chi connectivity index (χ0) is 11.2. The molecule has 1 heterocycles. The monoisotopic (exact) mass is 255 g/mol. The first-order valence-electron chi connectivity index (χ1n) is 6.17. The van der Waals surface area contributed by atoms with E-state index in [-0.39, 0.29) is 0 Å². The summed E-state index contributed by atoms with van der Waals surface area (Å²) in [4.78, 5) is 1.50. The Morgan fingerprint density at radius 3 is 3.19 bits per heavy atom. The summed E-state index contributed by atoms with van der Waals surface area (Å²) in [6.07, 6.45) is 9.01. The molecule has 0 saturated heterocycles. The molecule has 2 unspecified atom stereocenters. The number of nitrogens with one attached hydrogen (secondary N) is 1. The second kappa shape index (κ2) is 6.67. The third kappa shape index (κ3) is 3.79. The molecule has 0 spiro atoms. The van der Waals surface area contributed by atoms with Crippen molar-refractivity contribution in [2.24, 2.45) is 0 Å². The lowest BCUT2D eigenvalue weighted by Crippen LogP contribution is -2.36. The van der Waals surface area contributed by atoms with E-state index >= 15 is 0 Å². The Labute approximate surface area is 107 Å². The molecule has 1 aliphatic rings. The van der Waals surface area contributed by atoms with E-state index in [9.17, 15) is 0 Å². The standard InChI is InChI=1S/C13H21NS2/c1-15-13-5-2-4-11(10-13)14-8-7-12-6-3-9-16-12/h3,6,9,11,13-14H,2,4-5,7-8,10H2,1H3. The van der Waals surface area contributed by atoms with Gasteiger partial charge in [0.15, 0.2) is 0 Å².